The van der Waals surface area contributed by atoms with Crippen LogP contribution in [0.5, 0.6) is 0 Å². The normalized spacial score (nSPS) is 11.1. The van der Waals surface area contributed by atoms with Crippen molar-refractivity contribution in [3.63, 3.8) is 0 Å². The Balaban J connectivity index is 2.43. The lowest BCUT2D eigenvalue weighted by Crippen LogP contribution is -2.24. The zero-order valence-electron chi connectivity index (χ0n) is 13.6. The van der Waals surface area contributed by atoms with E-state index in [0.29, 0.717) is 28.7 Å². The summed E-state index contributed by atoms with van der Waals surface area (Å²) in [7, 11) is 0. The van der Waals surface area contributed by atoms with Gasteiger partial charge in [-0.05, 0) is 36.6 Å². The van der Waals surface area contributed by atoms with E-state index < -0.39 is 0 Å². The molecule has 0 aliphatic carbocycles. The number of benzene rings is 2. The van der Waals surface area contributed by atoms with Gasteiger partial charge in [0.2, 0.25) is 0 Å². The van der Waals surface area contributed by atoms with Crippen molar-refractivity contribution in [3.05, 3.63) is 69.5 Å². The minimum Gasteiger partial charge on any atom is -0.268 e. The molecule has 0 saturated heterocycles. The van der Waals surface area contributed by atoms with Gasteiger partial charge >= 0.3 is 0 Å². The Morgan fingerprint density at radius 3 is 2.57 bits per heavy atom. The molecular formula is C19H19FN2O. The van der Waals surface area contributed by atoms with Gasteiger partial charge in [-0.2, -0.15) is 0 Å². The van der Waals surface area contributed by atoms with Crippen LogP contribution in [0.25, 0.3) is 16.6 Å². The third-order valence-corrected chi connectivity index (χ3v) is 4.15. The van der Waals surface area contributed by atoms with E-state index in [0.717, 1.165) is 17.7 Å². The molecule has 0 amide bonds. The predicted molar refractivity (Wildman–Crippen MR) is 90.8 cm³/mol. The van der Waals surface area contributed by atoms with Gasteiger partial charge in [-0.1, -0.05) is 32.0 Å². The molecule has 2 aromatic carbocycles. The quantitative estimate of drug-likeness (QED) is 0.734. The summed E-state index contributed by atoms with van der Waals surface area (Å²) in [6.07, 6.45) is 1.42. The Morgan fingerprint density at radius 1 is 1.13 bits per heavy atom. The first-order valence-electron chi connectivity index (χ1n) is 7.86. The van der Waals surface area contributed by atoms with E-state index in [1.54, 1.807) is 17.6 Å². The number of para-hydroxylation sites is 1. The van der Waals surface area contributed by atoms with Crippen LogP contribution in [-0.4, -0.2) is 9.55 Å². The van der Waals surface area contributed by atoms with Gasteiger partial charge in [0.1, 0.15) is 11.6 Å². The second-order valence-corrected chi connectivity index (χ2v) is 5.62. The Morgan fingerprint density at radius 2 is 1.87 bits per heavy atom. The number of aromatic nitrogens is 2. The van der Waals surface area contributed by atoms with Crippen molar-refractivity contribution in [2.24, 2.45) is 0 Å². The molecule has 0 spiro atoms. The molecule has 0 unspecified atom stereocenters. The van der Waals surface area contributed by atoms with Gasteiger partial charge in [-0.15, -0.1) is 0 Å². The third-order valence-electron chi connectivity index (χ3n) is 4.15. The first kappa shape index (κ1) is 15.4. The van der Waals surface area contributed by atoms with Crippen LogP contribution in [0.15, 0.2) is 41.2 Å². The lowest BCUT2D eigenvalue weighted by Gasteiger charge is -2.15. The second-order valence-electron chi connectivity index (χ2n) is 5.62. The summed E-state index contributed by atoms with van der Waals surface area (Å²) >= 11 is 0. The summed E-state index contributed by atoms with van der Waals surface area (Å²) < 4.78 is 15.5. The molecule has 0 atom stereocenters. The maximum absolute atomic E-state index is 13.8. The van der Waals surface area contributed by atoms with Crippen LogP contribution in [0, 0.1) is 12.7 Å². The van der Waals surface area contributed by atoms with Crippen molar-refractivity contribution in [2.45, 2.75) is 33.6 Å². The fraction of sp³-hybridized carbons (Fsp3) is 0.263. The van der Waals surface area contributed by atoms with Crippen molar-refractivity contribution in [2.75, 3.05) is 0 Å². The van der Waals surface area contributed by atoms with Crippen LogP contribution in [0.1, 0.15) is 30.8 Å². The molecular weight excluding hydrogens is 291 g/mol. The molecule has 0 bridgehead atoms. The maximum atomic E-state index is 13.8. The summed E-state index contributed by atoms with van der Waals surface area (Å²) in [5, 5.41) is 0.451. The van der Waals surface area contributed by atoms with Crippen molar-refractivity contribution in [1.29, 1.82) is 0 Å². The zero-order valence-corrected chi connectivity index (χ0v) is 13.6. The number of aryl methyl sites for hydroxylation is 3. The van der Waals surface area contributed by atoms with Crippen molar-refractivity contribution in [3.8, 4) is 5.69 Å². The highest BCUT2D eigenvalue weighted by Gasteiger charge is 2.15. The van der Waals surface area contributed by atoms with Gasteiger partial charge in [0, 0.05) is 12.5 Å². The largest absolute Gasteiger partial charge is 0.268 e. The molecule has 0 aliphatic heterocycles. The average molecular weight is 310 g/mol. The monoisotopic (exact) mass is 310 g/mol. The molecule has 1 aromatic heterocycles. The van der Waals surface area contributed by atoms with Gasteiger partial charge in [0.15, 0.2) is 0 Å². The molecule has 23 heavy (non-hydrogen) atoms. The molecule has 0 radical (unpaired) electrons. The minimum atomic E-state index is -0.335. The molecule has 0 fully saturated rings. The molecule has 3 rings (SSSR count). The van der Waals surface area contributed by atoms with E-state index >= 15 is 0 Å². The Kier molecular flexibility index (Phi) is 3.99. The van der Waals surface area contributed by atoms with Gasteiger partial charge in [0.05, 0.1) is 16.6 Å². The molecule has 0 saturated carbocycles. The van der Waals surface area contributed by atoms with E-state index in [1.165, 1.54) is 6.07 Å². The Labute approximate surface area is 134 Å². The first-order valence-corrected chi connectivity index (χ1v) is 7.86. The summed E-state index contributed by atoms with van der Waals surface area (Å²) in [5.41, 5.74) is 2.67. The second kappa shape index (κ2) is 5.95. The summed E-state index contributed by atoms with van der Waals surface area (Å²) in [6.45, 7) is 5.67. The summed E-state index contributed by atoms with van der Waals surface area (Å²) in [6, 6.07) is 10.8. The molecule has 0 aliphatic rings. The molecule has 0 N–H and O–H groups in total. The smallest absolute Gasteiger partial charge is 0.265 e. The number of rotatable bonds is 3. The van der Waals surface area contributed by atoms with Gasteiger partial charge < -0.3 is 0 Å². The van der Waals surface area contributed by atoms with Crippen molar-refractivity contribution < 1.29 is 4.39 Å². The van der Waals surface area contributed by atoms with E-state index in [1.807, 2.05) is 31.2 Å². The average Bonchev–Trinajstić information content (AvgIpc) is 2.56. The standard InChI is InChI=1S/C19H19FN2O/c1-4-13-8-6-7-9-17(13)22-18(5-2)21-16-11-15(20)12(3)10-14(16)19(22)23/h6-11H,4-5H2,1-3H3. The number of fused-ring (bicyclic) bond motifs is 1. The van der Waals surface area contributed by atoms with E-state index in [9.17, 15) is 9.18 Å². The highest BCUT2D eigenvalue weighted by Crippen LogP contribution is 2.19. The minimum absolute atomic E-state index is 0.143. The Bertz CT molecular complexity index is 944. The van der Waals surface area contributed by atoms with Crippen molar-refractivity contribution in [1.82, 2.24) is 9.55 Å². The van der Waals surface area contributed by atoms with Crippen molar-refractivity contribution >= 4 is 10.9 Å². The number of hydrogen-bond donors (Lipinski definition) is 0. The van der Waals surface area contributed by atoms with E-state index in [2.05, 4.69) is 11.9 Å². The lowest BCUT2D eigenvalue weighted by atomic mass is 10.1. The van der Waals surface area contributed by atoms with E-state index in [-0.39, 0.29) is 11.4 Å². The predicted octanol–water partition coefficient (Wildman–Crippen LogP) is 3.96. The number of nitrogens with zero attached hydrogens (tertiary/aromatic N) is 2. The van der Waals surface area contributed by atoms with E-state index in [4.69, 9.17) is 0 Å². The highest BCUT2D eigenvalue weighted by molar-refractivity contribution is 5.79. The fourth-order valence-corrected chi connectivity index (χ4v) is 2.88. The molecule has 118 valence electrons. The molecule has 1 heterocycles. The summed E-state index contributed by atoms with van der Waals surface area (Å²) in [5.74, 6) is 0.310. The first-order chi connectivity index (χ1) is 11.1. The molecule has 4 heteroatoms. The molecule has 3 nitrogen and oxygen atoms in total. The number of hydrogen-bond acceptors (Lipinski definition) is 2. The molecule has 3 aromatic rings. The van der Waals surface area contributed by atoms with Crippen LogP contribution in [0.4, 0.5) is 4.39 Å². The fourth-order valence-electron chi connectivity index (χ4n) is 2.88. The van der Waals surface area contributed by atoms with Gasteiger partial charge in [-0.25, -0.2) is 9.37 Å². The van der Waals surface area contributed by atoms with Crippen LogP contribution in [-0.2, 0) is 12.8 Å². The van der Waals surface area contributed by atoms with Crippen LogP contribution in [0.2, 0.25) is 0 Å². The topological polar surface area (TPSA) is 34.9 Å². The van der Waals surface area contributed by atoms with Gasteiger partial charge in [0.25, 0.3) is 5.56 Å². The third kappa shape index (κ3) is 2.54. The van der Waals surface area contributed by atoms with Gasteiger partial charge in [-0.3, -0.25) is 9.36 Å². The summed E-state index contributed by atoms with van der Waals surface area (Å²) in [4.78, 5) is 17.6. The lowest BCUT2D eigenvalue weighted by molar-refractivity contribution is 0.620. The van der Waals surface area contributed by atoms with Crippen LogP contribution >= 0.6 is 0 Å². The highest BCUT2D eigenvalue weighted by atomic mass is 19.1. The Hall–Kier alpha value is -2.49. The maximum Gasteiger partial charge on any atom is 0.265 e. The zero-order chi connectivity index (χ0) is 16.6. The van der Waals surface area contributed by atoms with Crippen LogP contribution < -0.4 is 5.56 Å². The number of halogens is 1. The van der Waals surface area contributed by atoms with Crippen LogP contribution in [0.3, 0.4) is 0 Å². The SMILES string of the molecule is CCc1ccccc1-n1c(CC)nc2cc(F)c(C)cc2c1=O.